The van der Waals surface area contributed by atoms with Crippen molar-refractivity contribution in [3.8, 4) is 0 Å². The maximum Gasteiger partial charge on any atom is 0.338 e. The molecule has 0 radical (unpaired) electrons. The first-order chi connectivity index (χ1) is 31.5. The van der Waals surface area contributed by atoms with Crippen LogP contribution in [-0.4, -0.2) is 101 Å². The van der Waals surface area contributed by atoms with E-state index in [4.69, 9.17) is 37.6 Å². The van der Waals surface area contributed by atoms with Crippen molar-refractivity contribution in [1.82, 2.24) is 0 Å². The molecule has 0 saturated carbocycles. The second-order valence-electron chi connectivity index (χ2n) is 16.6. The van der Waals surface area contributed by atoms with Crippen LogP contribution in [0.5, 0.6) is 0 Å². The summed E-state index contributed by atoms with van der Waals surface area (Å²) in [5.41, 5.74) is 0.919. The van der Waals surface area contributed by atoms with Gasteiger partial charge >= 0.3 is 17.9 Å². The summed E-state index contributed by atoms with van der Waals surface area (Å²) in [6, 6.07) is 46.5. The zero-order valence-electron chi connectivity index (χ0n) is 37.2. The number of hydrogen-bond acceptors (Lipinski definition) is 12. The molecular weight excluding hydrogens is 861 g/mol. The smallest absolute Gasteiger partial charge is 0.338 e. The van der Waals surface area contributed by atoms with Crippen LogP contribution in [0, 0.1) is 0 Å². The topological polar surface area (TPSA) is 125 Å². The SMILES string of the molecule is CCO[C@H]1O[C@H](CO[Si](c2ccccc2)(c2ccccc2)C(C)(C)C)C=C[C@@H]1S[C@@H]1[C@H](OC(=O)c2ccccc2)[C@@H](OC(=O)c2ccccc2)[C@@H](OC)O[C@@H]1COC(=O)c1ccccc1. The van der Waals surface area contributed by atoms with Gasteiger partial charge in [-0.3, -0.25) is 0 Å². The van der Waals surface area contributed by atoms with Gasteiger partial charge in [-0.2, -0.15) is 0 Å². The molecule has 0 aromatic heterocycles. The number of carbonyl (C=O) groups is 3. The Morgan fingerprint density at radius 1 is 0.600 bits per heavy atom. The fraction of sp³-hybridized carbons (Fsp3) is 0.327. The van der Waals surface area contributed by atoms with Crippen LogP contribution in [-0.2, 0) is 37.6 Å². The van der Waals surface area contributed by atoms with Crippen molar-refractivity contribution < 1.29 is 52.0 Å². The standard InChI is InChI=1S/C52H56O11SSi/c1-6-57-50-43(33-32-39(60-50)34-59-65(52(2,3)4,40-28-18-10-19-29-40)41-30-20-11-21-31-41)64-46-42(35-58-47(53)36-22-12-7-13-23-36)61-51(56-5)45(63-49(55)38-26-16-9-17-27-38)44(46)62-48(54)37-24-14-8-15-25-37/h7-33,39,42-46,50-51H,6,34-35H2,1-5H3/t39-,42+,43-,44+,45+,46-,50-,51-/m0/s1. The fourth-order valence-electron chi connectivity index (χ4n) is 8.25. The van der Waals surface area contributed by atoms with Gasteiger partial charge in [-0.1, -0.05) is 148 Å². The van der Waals surface area contributed by atoms with Crippen molar-refractivity contribution in [3.05, 3.63) is 181 Å². The van der Waals surface area contributed by atoms with E-state index in [0.717, 1.165) is 10.4 Å². The Kier molecular flexibility index (Phi) is 16.3. The van der Waals surface area contributed by atoms with Gasteiger partial charge in [-0.25, -0.2) is 14.4 Å². The number of benzene rings is 5. The van der Waals surface area contributed by atoms with Crippen molar-refractivity contribution >= 4 is 48.4 Å². The molecule has 0 bridgehead atoms. The molecule has 2 aliphatic rings. The molecule has 1 fully saturated rings. The quantitative estimate of drug-likeness (QED) is 0.0388. The molecule has 5 aromatic rings. The van der Waals surface area contributed by atoms with E-state index in [-0.39, 0.29) is 29.4 Å². The second kappa shape index (κ2) is 22.2. The molecule has 0 unspecified atom stereocenters. The molecule has 340 valence electrons. The molecular formula is C52H56O11SSi. The van der Waals surface area contributed by atoms with Crippen molar-refractivity contribution in [3.63, 3.8) is 0 Å². The third-order valence-electron chi connectivity index (χ3n) is 11.3. The first kappa shape index (κ1) is 47.6. The Morgan fingerprint density at radius 2 is 1.08 bits per heavy atom. The van der Waals surface area contributed by atoms with Gasteiger partial charge < -0.3 is 37.6 Å². The highest BCUT2D eigenvalue weighted by molar-refractivity contribution is 8.00. The van der Waals surface area contributed by atoms with E-state index < -0.39 is 73.7 Å². The fourth-order valence-corrected chi connectivity index (χ4v) is 14.3. The van der Waals surface area contributed by atoms with Crippen LogP contribution in [0.15, 0.2) is 164 Å². The predicted molar refractivity (Wildman–Crippen MR) is 252 cm³/mol. The third-order valence-corrected chi connectivity index (χ3v) is 17.9. The number of esters is 3. The van der Waals surface area contributed by atoms with Crippen molar-refractivity contribution in [2.24, 2.45) is 0 Å². The van der Waals surface area contributed by atoms with Crippen molar-refractivity contribution in [1.29, 1.82) is 0 Å². The first-order valence-corrected chi connectivity index (χ1v) is 24.7. The van der Waals surface area contributed by atoms with E-state index in [9.17, 15) is 14.4 Å². The van der Waals surface area contributed by atoms with E-state index in [1.807, 2.05) is 31.2 Å². The van der Waals surface area contributed by atoms with Gasteiger partial charge in [0.15, 0.2) is 24.8 Å². The number of rotatable bonds is 17. The summed E-state index contributed by atoms with van der Waals surface area (Å²) in [6.45, 7) is 8.89. The van der Waals surface area contributed by atoms with Gasteiger partial charge in [-0.15, -0.1) is 11.8 Å². The minimum Gasteiger partial charge on any atom is -0.459 e. The number of thioether (sulfide) groups is 1. The van der Waals surface area contributed by atoms with E-state index in [1.54, 1.807) is 91.0 Å². The molecule has 0 N–H and O–H groups in total. The predicted octanol–water partition coefficient (Wildman–Crippen LogP) is 8.03. The Morgan fingerprint density at radius 3 is 1.55 bits per heavy atom. The number of methoxy groups -OCH3 is 1. The van der Waals surface area contributed by atoms with Gasteiger partial charge in [-0.05, 0) is 58.7 Å². The van der Waals surface area contributed by atoms with Crippen molar-refractivity contribution in [2.45, 2.75) is 80.2 Å². The highest BCUT2D eigenvalue weighted by atomic mass is 32.2. The maximum atomic E-state index is 14.0. The average molecular weight is 917 g/mol. The monoisotopic (exact) mass is 916 g/mol. The molecule has 1 saturated heterocycles. The van der Waals surface area contributed by atoms with Crippen molar-refractivity contribution in [2.75, 3.05) is 26.9 Å². The van der Waals surface area contributed by atoms with E-state index >= 15 is 0 Å². The summed E-state index contributed by atoms with van der Waals surface area (Å²) in [5, 5.41) is 0.702. The summed E-state index contributed by atoms with van der Waals surface area (Å²) in [4.78, 5) is 41.2. The van der Waals surface area contributed by atoms with Crippen LogP contribution in [0.2, 0.25) is 5.04 Å². The molecule has 65 heavy (non-hydrogen) atoms. The zero-order valence-corrected chi connectivity index (χ0v) is 39.0. The Bertz CT molecular complexity index is 2270. The van der Waals surface area contributed by atoms with Crippen LogP contribution in [0.1, 0.15) is 58.8 Å². The average Bonchev–Trinajstić information content (AvgIpc) is 3.34. The normalized spacial score (nSPS) is 23.3. The van der Waals surface area contributed by atoms with Gasteiger partial charge in [0.25, 0.3) is 8.32 Å². The van der Waals surface area contributed by atoms with Crippen LogP contribution in [0.4, 0.5) is 0 Å². The van der Waals surface area contributed by atoms with E-state index in [1.165, 1.54) is 18.9 Å². The Labute approximate surface area is 386 Å². The molecule has 11 nitrogen and oxygen atoms in total. The molecule has 2 heterocycles. The van der Waals surface area contributed by atoms with Crippen LogP contribution < -0.4 is 10.4 Å². The number of carbonyl (C=O) groups excluding carboxylic acids is 3. The highest BCUT2D eigenvalue weighted by Gasteiger charge is 2.54. The van der Waals surface area contributed by atoms with Gasteiger partial charge in [0.05, 0.1) is 33.8 Å². The van der Waals surface area contributed by atoms with Crippen LogP contribution in [0.25, 0.3) is 0 Å². The van der Waals surface area contributed by atoms with Crippen LogP contribution in [0.3, 0.4) is 0 Å². The minimum absolute atomic E-state index is 0.250. The largest absolute Gasteiger partial charge is 0.459 e. The van der Waals surface area contributed by atoms with Crippen LogP contribution >= 0.6 is 11.8 Å². The molecule has 7 rings (SSSR count). The summed E-state index contributed by atoms with van der Waals surface area (Å²) < 4.78 is 51.1. The number of ether oxygens (including phenoxy) is 7. The summed E-state index contributed by atoms with van der Waals surface area (Å²) >= 11 is 1.34. The third kappa shape index (κ3) is 11.4. The summed E-state index contributed by atoms with van der Waals surface area (Å²) in [5.74, 6) is -1.90. The molecule has 0 spiro atoms. The maximum absolute atomic E-state index is 14.0. The van der Waals surface area contributed by atoms with E-state index in [2.05, 4.69) is 69.3 Å². The van der Waals surface area contributed by atoms with Gasteiger partial charge in [0, 0.05) is 13.7 Å². The lowest BCUT2D eigenvalue weighted by molar-refractivity contribution is -0.258. The highest BCUT2D eigenvalue weighted by Crippen LogP contribution is 2.41. The lowest BCUT2D eigenvalue weighted by atomic mass is 10.0. The molecule has 13 heteroatoms. The minimum atomic E-state index is -2.91. The lowest BCUT2D eigenvalue weighted by Crippen LogP contribution is -2.67. The van der Waals surface area contributed by atoms with Gasteiger partial charge in [0.1, 0.15) is 18.8 Å². The molecule has 0 aliphatic carbocycles. The molecule has 2 aliphatic heterocycles. The number of hydrogen-bond donors (Lipinski definition) is 0. The molecule has 8 atom stereocenters. The second-order valence-corrected chi connectivity index (χ2v) is 22.3. The summed E-state index contributed by atoms with van der Waals surface area (Å²) in [6.07, 6.45) is -1.93. The lowest BCUT2D eigenvalue weighted by Gasteiger charge is -2.46. The van der Waals surface area contributed by atoms with E-state index in [0.29, 0.717) is 12.2 Å². The Hall–Kier alpha value is -5.38. The first-order valence-electron chi connectivity index (χ1n) is 21.8. The molecule has 0 amide bonds. The summed E-state index contributed by atoms with van der Waals surface area (Å²) in [7, 11) is -1.50. The Balaban J connectivity index is 1.22. The van der Waals surface area contributed by atoms with Gasteiger partial charge in [0.2, 0.25) is 0 Å². The molecule has 5 aromatic carbocycles. The zero-order chi connectivity index (χ0) is 45.8.